The fourth-order valence-electron chi connectivity index (χ4n) is 1.72. The largest absolute Gasteiger partial charge is 0.398 e. The van der Waals surface area contributed by atoms with Gasteiger partial charge in [0, 0.05) is 10.0 Å². The average Bonchev–Trinajstić information content (AvgIpc) is 2.74. The number of rotatable bonds is 1. The van der Waals surface area contributed by atoms with Crippen LogP contribution >= 0.6 is 27.3 Å². The Labute approximate surface area is 111 Å². The quantitative estimate of drug-likeness (QED) is 0.680. The molecule has 1 heterocycles. The Bertz CT molecular complexity index is 691. The average molecular weight is 305 g/mol. The van der Waals surface area contributed by atoms with E-state index in [2.05, 4.69) is 33.0 Å². The third-order valence-corrected chi connectivity index (χ3v) is 4.18. The number of aromatic nitrogens is 1. The Morgan fingerprint density at radius 2 is 1.94 bits per heavy atom. The van der Waals surface area contributed by atoms with E-state index in [0.717, 1.165) is 30.9 Å². The molecule has 84 valence electrons. The second-order valence-electron chi connectivity index (χ2n) is 3.72. The number of nitrogens with zero attached hydrogens (tertiary/aromatic N) is 1. The van der Waals surface area contributed by atoms with E-state index in [4.69, 9.17) is 5.73 Å². The molecule has 2 nitrogen and oxygen atoms in total. The Morgan fingerprint density at radius 3 is 2.71 bits per heavy atom. The van der Waals surface area contributed by atoms with Crippen molar-refractivity contribution in [2.45, 2.75) is 0 Å². The number of fused-ring (bicyclic) bond motifs is 1. The van der Waals surface area contributed by atoms with Gasteiger partial charge in [-0.05, 0) is 24.3 Å². The Balaban J connectivity index is 2.22. The molecule has 0 atom stereocenters. The molecule has 0 saturated heterocycles. The highest BCUT2D eigenvalue weighted by molar-refractivity contribution is 9.10. The summed E-state index contributed by atoms with van der Waals surface area (Å²) < 4.78 is 2.12. The van der Waals surface area contributed by atoms with Crippen molar-refractivity contribution < 1.29 is 0 Å². The SMILES string of the molecule is Nc1cccc2nc(-c3cccc(Br)c3)sc12. The summed E-state index contributed by atoms with van der Waals surface area (Å²) in [4.78, 5) is 4.60. The molecule has 3 rings (SSSR count). The lowest BCUT2D eigenvalue weighted by atomic mass is 10.2. The van der Waals surface area contributed by atoms with E-state index in [1.54, 1.807) is 11.3 Å². The molecule has 0 aliphatic rings. The molecule has 0 bridgehead atoms. The van der Waals surface area contributed by atoms with E-state index >= 15 is 0 Å². The predicted molar refractivity (Wildman–Crippen MR) is 77.2 cm³/mol. The summed E-state index contributed by atoms with van der Waals surface area (Å²) in [5.41, 5.74) is 8.81. The summed E-state index contributed by atoms with van der Waals surface area (Å²) in [5.74, 6) is 0. The van der Waals surface area contributed by atoms with Crippen molar-refractivity contribution in [3.63, 3.8) is 0 Å². The van der Waals surface area contributed by atoms with Gasteiger partial charge in [0.15, 0.2) is 0 Å². The number of nitrogens with two attached hydrogens (primary N) is 1. The molecule has 0 saturated carbocycles. The second kappa shape index (κ2) is 4.13. The van der Waals surface area contributed by atoms with Gasteiger partial charge in [-0.3, -0.25) is 0 Å². The lowest BCUT2D eigenvalue weighted by Crippen LogP contribution is -1.82. The van der Waals surface area contributed by atoms with Crippen molar-refractivity contribution in [3.8, 4) is 10.6 Å². The number of benzene rings is 2. The highest BCUT2D eigenvalue weighted by atomic mass is 79.9. The molecule has 0 aliphatic carbocycles. The Hall–Kier alpha value is -1.39. The molecule has 0 amide bonds. The highest BCUT2D eigenvalue weighted by Crippen LogP contribution is 2.34. The van der Waals surface area contributed by atoms with Crippen LogP contribution in [0.3, 0.4) is 0 Å². The van der Waals surface area contributed by atoms with E-state index in [-0.39, 0.29) is 0 Å². The fraction of sp³-hybridized carbons (Fsp3) is 0. The summed E-state index contributed by atoms with van der Waals surface area (Å²) >= 11 is 5.10. The summed E-state index contributed by atoms with van der Waals surface area (Å²) in [5, 5.41) is 0.999. The van der Waals surface area contributed by atoms with Gasteiger partial charge in [0.05, 0.1) is 15.9 Å². The lowest BCUT2D eigenvalue weighted by Gasteiger charge is -1.95. The molecule has 0 radical (unpaired) electrons. The van der Waals surface area contributed by atoms with Crippen LogP contribution in [0.15, 0.2) is 46.9 Å². The van der Waals surface area contributed by atoms with Crippen LogP contribution in [0.2, 0.25) is 0 Å². The molecular formula is C13H9BrN2S. The number of hydrogen-bond acceptors (Lipinski definition) is 3. The van der Waals surface area contributed by atoms with E-state index in [9.17, 15) is 0 Å². The fourth-order valence-corrected chi connectivity index (χ4v) is 3.10. The zero-order chi connectivity index (χ0) is 11.8. The van der Waals surface area contributed by atoms with Crippen LogP contribution in [-0.4, -0.2) is 4.98 Å². The highest BCUT2D eigenvalue weighted by Gasteiger charge is 2.08. The van der Waals surface area contributed by atoms with Gasteiger partial charge < -0.3 is 5.73 Å². The van der Waals surface area contributed by atoms with Gasteiger partial charge in [-0.15, -0.1) is 11.3 Å². The maximum Gasteiger partial charge on any atom is 0.124 e. The minimum atomic E-state index is 0.793. The summed E-state index contributed by atoms with van der Waals surface area (Å²) in [6.45, 7) is 0. The van der Waals surface area contributed by atoms with Gasteiger partial charge in [0.2, 0.25) is 0 Å². The van der Waals surface area contributed by atoms with Crippen molar-refractivity contribution in [2.24, 2.45) is 0 Å². The van der Waals surface area contributed by atoms with Gasteiger partial charge >= 0.3 is 0 Å². The molecule has 4 heteroatoms. The molecule has 3 aromatic rings. The monoisotopic (exact) mass is 304 g/mol. The molecule has 0 unspecified atom stereocenters. The molecule has 2 aromatic carbocycles. The molecule has 17 heavy (non-hydrogen) atoms. The molecule has 1 aromatic heterocycles. The van der Waals surface area contributed by atoms with Gasteiger partial charge in [0.25, 0.3) is 0 Å². The van der Waals surface area contributed by atoms with E-state index in [1.807, 2.05) is 30.3 Å². The van der Waals surface area contributed by atoms with Crippen LogP contribution in [0, 0.1) is 0 Å². The molecule has 0 fully saturated rings. The third kappa shape index (κ3) is 1.94. The van der Waals surface area contributed by atoms with Crippen LogP contribution in [0.25, 0.3) is 20.8 Å². The summed E-state index contributed by atoms with van der Waals surface area (Å²) in [6, 6.07) is 14.0. The molecule has 0 aliphatic heterocycles. The first-order valence-corrected chi connectivity index (χ1v) is 6.76. The van der Waals surface area contributed by atoms with E-state index in [1.165, 1.54) is 0 Å². The standard InChI is InChI=1S/C13H9BrN2S/c14-9-4-1-3-8(7-9)13-16-11-6-2-5-10(15)12(11)17-13/h1-7H,15H2. The number of anilines is 1. The zero-order valence-corrected chi connectivity index (χ0v) is 11.3. The van der Waals surface area contributed by atoms with Gasteiger partial charge in [-0.1, -0.05) is 34.1 Å². The first kappa shape index (κ1) is 10.7. The minimum absolute atomic E-state index is 0.793. The van der Waals surface area contributed by atoms with Crippen molar-refractivity contribution in [2.75, 3.05) is 5.73 Å². The summed E-state index contributed by atoms with van der Waals surface area (Å²) in [7, 11) is 0. The summed E-state index contributed by atoms with van der Waals surface area (Å²) in [6.07, 6.45) is 0. The number of nitrogen functional groups attached to an aromatic ring is 1. The Morgan fingerprint density at radius 1 is 1.12 bits per heavy atom. The van der Waals surface area contributed by atoms with Crippen LogP contribution in [0.1, 0.15) is 0 Å². The molecule has 2 N–H and O–H groups in total. The lowest BCUT2D eigenvalue weighted by molar-refractivity contribution is 1.47. The molecule has 0 spiro atoms. The topological polar surface area (TPSA) is 38.9 Å². The first-order valence-electron chi connectivity index (χ1n) is 5.15. The van der Waals surface area contributed by atoms with Crippen molar-refractivity contribution in [1.29, 1.82) is 0 Å². The van der Waals surface area contributed by atoms with E-state index < -0.39 is 0 Å². The second-order valence-corrected chi connectivity index (χ2v) is 5.64. The van der Waals surface area contributed by atoms with Gasteiger partial charge in [-0.25, -0.2) is 4.98 Å². The van der Waals surface area contributed by atoms with Crippen molar-refractivity contribution >= 4 is 43.2 Å². The van der Waals surface area contributed by atoms with Crippen LogP contribution in [-0.2, 0) is 0 Å². The van der Waals surface area contributed by atoms with Gasteiger partial charge in [0.1, 0.15) is 5.01 Å². The van der Waals surface area contributed by atoms with E-state index in [0.29, 0.717) is 0 Å². The Kier molecular flexibility index (Phi) is 2.61. The maximum atomic E-state index is 5.94. The number of halogens is 1. The smallest absolute Gasteiger partial charge is 0.124 e. The van der Waals surface area contributed by atoms with Crippen LogP contribution in [0.5, 0.6) is 0 Å². The van der Waals surface area contributed by atoms with Crippen LogP contribution < -0.4 is 5.73 Å². The third-order valence-electron chi connectivity index (χ3n) is 2.52. The van der Waals surface area contributed by atoms with Crippen molar-refractivity contribution in [1.82, 2.24) is 4.98 Å². The predicted octanol–water partition coefficient (Wildman–Crippen LogP) is 4.31. The first-order chi connectivity index (χ1) is 8.24. The maximum absolute atomic E-state index is 5.94. The number of hydrogen-bond donors (Lipinski definition) is 1. The zero-order valence-electron chi connectivity index (χ0n) is 8.85. The van der Waals surface area contributed by atoms with Crippen molar-refractivity contribution in [3.05, 3.63) is 46.9 Å². The molecular weight excluding hydrogens is 296 g/mol. The minimum Gasteiger partial charge on any atom is -0.398 e. The normalized spacial score (nSPS) is 10.9. The van der Waals surface area contributed by atoms with Gasteiger partial charge in [-0.2, -0.15) is 0 Å². The number of thiazole rings is 1. The van der Waals surface area contributed by atoms with Crippen LogP contribution in [0.4, 0.5) is 5.69 Å².